The number of hydrogen-bond acceptors (Lipinski definition) is 3. The quantitative estimate of drug-likeness (QED) is 0.873. The summed E-state index contributed by atoms with van der Waals surface area (Å²) in [6, 6.07) is 9.85. The maximum atomic E-state index is 5.78. The zero-order chi connectivity index (χ0) is 12.3. The molecule has 0 saturated carbocycles. The second kappa shape index (κ2) is 5.46. The van der Waals surface area contributed by atoms with Gasteiger partial charge in [-0.25, -0.2) is 4.98 Å². The summed E-state index contributed by atoms with van der Waals surface area (Å²) < 4.78 is 6.84. The van der Waals surface area contributed by atoms with E-state index in [1.807, 2.05) is 37.3 Å². The van der Waals surface area contributed by atoms with E-state index in [9.17, 15) is 0 Å². The third kappa shape index (κ3) is 2.95. The summed E-state index contributed by atoms with van der Waals surface area (Å²) in [4.78, 5) is 4.28. The number of nitrogens with zero attached hydrogens (tertiary/aromatic N) is 1. The summed E-state index contributed by atoms with van der Waals surface area (Å²) >= 11 is 2.24. The van der Waals surface area contributed by atoms with Gasteiger partial charge in [-0.2, -0.15) is 0 Å². The first-order chi connectivity index (χ1) is 8.20. The van der Waals surface area contributed by atoms with Crippen LogP contribution in [-0.2, 0) is 6.54 Å². The minimum absolute atomic E-state index is 0.497. The van der Waals surface area contributed by atoms with E-state index in [4.69, 9.17) is 10.5 Å². The van der Waals surface area contributed by atoms with Gasteiger partial charge in [-0.15, -0.1) is 0 Å². The van der Waals surface area contributed by atoms with Gasteiger partial charge in [0.05, 0.1) is 3.57 Å². The smallest absolute Gasteiger partial charge is 0.222 e. The van der Waals surface area contributed by atoms with Crippen molar-refractivity contribution < 1.29 is 4.74 Å². The first-order valence-electron chi connectivity index (χ1n) is 5.28. The molecule has 2 rings (SSSR count). The van der Waals surface area contributed by atoms with E-state index in [2.05, 4.69) is 27.6 Å². The summed E-state index contributed by atoms with van der Waals surface area (Å²) in [5, 5.41) is 0. The van der Waals surface area contributed by atoms with Crippen molar-refractivity contribution in [2.45, 2.75) is 13.5 Å². The van der Waals surface area contributed by atoms with Gasteiger partial charge in [-0.05, 0) is 53.3 Å². The van der Waals surface area contributed by atoms with Crippen molar-refractivity contribution in [3.05, 3.63) is 51.2 Å². The van der Waals surface area contributed by atoms with E-state index in [-0.39, 0.29) is 0 Å². The van der Waals surface area contributed by atoms with Gasteiger partial charge < -0.3 is 10.5 Å². The van der Waals surface area contributed by atoms with Crippen LogP contribution in [0.1, 0.15) is 11.1 Å². The average molecular weight is 340 g/mol. The fourth-order valence-electron chi connectivity index (χ4n) is 1.47. The highest BCUT2D eigenvalue weighted by molar-refractivity contribution is 14.1. The van der Waals surface area contributed by atoms with Crippen LogP contribution in [0.25, 0.3) is 0 Å². The van der Waals surface area contributed by atoms with Crippen LogP contribution in [0.15, 0.2) is 36.5 Å². The number of benzene rings is 1. The fourth-order valence-corrected chi connectivity index (χ4v) is 1.97. The number of aromatic nitrogens is 1. The molecule has 0 fully saturated rings. The number of para-hydroxylation sites is 1. The number of rotatable bonds is 3. The Morgan fingerprint density at radius 3 is 2.76 bits per heavy atom. The van der Waals surface area contributed by atoms with Crippen LogP contribution in [0.5, 0.6) is 11.6 Å². The zero-order valence-electron chi connectivity index (χ0n) is 9.48. The highest BCUT2D eigenvalue weighted by Gasteiger charge is 2.06. The Kier molecular flexibility index (Phi) is 3.96. The van der Waals surface area contributed by atoms with Crippen LogP contribution < -0.4 is 10.5 Å². The van der Waals surface area contributed by atoms with Crippen LogP contribution in [0.3, 0.4) is 0 Å². The topological polar surface area (TPSA) is 48.1 Å². The molecule has 0 bridgehead atoms. The van der Waals surface area contributed by atoms with Gasteiger partial charge >= 0.3 is 0 Å². The van der Waals surface area contributed by atoms with E-state index in [0.717, 1.165) is 20.4 Å². The molecule has 2 aromatic rings. The SMILES string of the molecule is Cc1cc(CN)cnc1Oc1ccccc1I. The van der Waals surface area contributed by atoms with Crippen molar-refractivity contribution in [1.29, 1.82) is 0 Å². The highest BCUT2D eigenvalue weighted by Crippen LogP contribution is 2.27. The molecule has 0 radical (unpaired) electrons. The Morgan fingerprint density at radius 2 is 2.12 bits per heavy atom. The normalized spacial score (nSPS) is 10.3. The number of pyridine rings is 1. The molecule has 0 amide bonds. The first kappa shape index (κ1) is 12.3. The van der Waals surface area contributed by atoms with E-state index < -0.39 is 0 Å². The average Bonchev–Trinajstić information content (AvgIpc) is 2.34. The molecule has 88 valence electrons. The Balaban J connectivity index is 2.28. The van der Waals surface area contributed by atoms with Crippen LogP contribution in [0.2, 0.25) is 0 Å². The molecule has 1 aromatic heterocycles. The van der Waals surface area contributed by atoms with Gasteiger partial charge in [0, 0.05) is 18.3 Å². The van der Waals surface area contributed by atoms with E-state index in [1.165, 1.54) is 0 Å². The summed E-state index contributed by atoms with van der Waals surface area (Å²) in [6.07, 6.45) is 1.75. The van der Waals surface area contributed by atoms with Crippen LogP contribution in [0.4, 0.5) is 0 Å². The predicted molar refractivity (Wildman–Crippen MR) is 76.1 cm³/mol. The Morgan fingerprint density at radius 1 is 1.35 bits per heavy atom. The molecule has 17 heavy (non-hydrogen) atoms. The molecule has 1 aromatic carbocycles. The zero-order valence-corrected chi connectivity index (χ0v) is 11.6. The maximum Gasteiger partial charge on any atom is 0.222 e. The Bertz CT molecular complexity index is 529. The minimum Gasteiger partial charge on any atom is -0.438 e. The molecule has 0 atom stereocenters. The molecule has 4 heteroatoms. The molecular formula is C13H13IN2O. The lowest BCUT2D eigenvalue weighted by Crippen LogP contribution is -1.99. The molecule has 0 unspecified atom stereocenters. The molecule has 1 heterocycles. The van der Waals surface area contributed by atoms with Gasteiger partial charge in [0.1, 0.15) is 5.75 Å². The second-order valence-electron chi connectivity index (χ2n) is 3.70. The van der Waals surface area contributed by atoms with E-state index in [1.54, 1.807) is 6.20 Å². The number of hydrogen-bond donors (Lipinski definition) is 1. The van der Waals surface area contributed by atoms with Crippen LogP contribution in [0, 0.1) is 10.5 Å². The third-order valence-corrected chi connectivity index (χ3v) is 3.26. The van der Waals surface area contributed by atoms with Crippen molar-refractivity contribution in [1.82, 2.24) is 4.98 Å². The maximum absolute atomic E-state index is 5.78. The van der Waals surface area contributed by atoms with Crippen molar-refractivity contribution in [3.8, 4) is 11.6 Å². The molecule has 0 spiro atoms. The molecule has 0 aliphatic carbocycles. The van der Waals surface area contributed by atoms with Crippen molar-refractivity contribution in [3.63, 3.8) is 0 Å². The lowest BCUT2D eigenvalue weighted by molar-refractivity contribution is 0.455. The third-order valence-electron chi connectivity index (χ3n) is 2.37. The van der Waals surface area contributed by atoms with Gasteiger partial charge in [0.15, 0.2) is 0 Å². The predicted octanol–water partition coefficient (Wildman–Crippen LogP) is 3.25. The summed E-state index contributed by atoms with van der Waals surface area (Å²) in [5.74, 6) is 1.45. The Hall–Kier alpha value is -1.14. The van der Waals surface area contributed by atoms with E-state index in [0.29, 0.717) is 12.4 Å². The summed E-state index contributed by atoms with van der Waals surface area (Å²) in [5.41, 5.74) is 7.57. The summed E-state index contributed by atoms with van der Waals surface area (Å²) in [6.45, 7) is 2.47. The number of nitrogens with two attached hydrogens (primary N) is 1. The Labute approximate surface area is 114 Å². The van der Waals surface area contributed by atoms with Crippen molar-refractivity contribution >= 4 is 22.6 Å². The van der Waals surface area contributed by atoms with E-state index >= 15 is 0 Å². The van der Waals surface area contributed by atoms with Gasteiger partial charge in [-0.3, -0.25) is 0 Å². The summed E-state index contributed by atoms with van der Waals surface area (Å²) in [7, 11) is 0. The molecule has 0 aliphatic heterocycles. The fraction of sp³-hybridized carbons (Fsp3) is 0.154. The highest BCUT2D eigenvalue weighted by atomic mass is 127. The van der Waals surface area contributed by atoms with Gasteiger partial charge in [0.2, 0.25) is 5.88 Å². The molecule has 3 nitrogen and oxygen atoms in total. The second-order valence-corrected chi connectivity index (χ2v) is 4.86. The molecular weight excluding hydrogens is 327 g/mol. The number of aryl methyl sites for hydroxylation is 1. The standard InChI is InChI=1S/C13H13IN2O/c1-9-6-10(7-15)8-16-13(9)17-12-5-3-2-4-11(12)14/h2-6,8H,7,15H2,1H3. The number of ether oxygens (including phenoxy) is 1. The lowest BCUT2D eigenvalue weighted by Gasteiger charge is -2.09. The van der Waals surface area contributed by atoms with Crippen molar-refractivity contribution in [2.24, 2.45) is 5.73 Å². The largest absolute Gasteiger partial charge is 0.438 e. The van der Waals surface area contributed by atoms with Crippen LogP contribution in [-0.4, -0.2) is 4.98 Å². The molecule has 2 N–H and O–H groups in total. The lowest BCUT2D eigenvalue weighted by atomic mass is 10.2. The van der Waals surface area contributed by atoms with Gasteiger partial charge in [-0.1, -0.05) is 12.1 Å². The molecule has 0 aliphatic rings. The monoisotopic (exact) mass is 340 g/mol. The number of halogens is 1. The molecule has 0 saturated heterocycles. The minimum atomic E-state index is 0.497. The first-order valence-corrected chi connectivity index (χ1v) is 6.36. The van der Waals surface area contributed by atoms with Gasteiger partial charge in [0.25, 0.3) is 0 Å². The van der Waals surface area contributed by atoms with Crippen molar-refractivity contribution in [2.75, 3.05) is 0 Å². The van der Waals surface area contributed by atoms with Crippen LogP contribution >= 0.6 is 22.6 Å².